The Morgan fingerprint density at radius 2 is 1.71 bits per heavy atom. The van der Waals surface area contributed by atoms with Gasteiger partial charge in [0, 0.05) is 19.1 Å². The Hall–Kier alpha value is -3.10. The van der Waals surface area contributed by atoms with Crippen molar-refractivity contribution in [2.24, 2.45) is 17.8 Å². The summed E-state index contributed by atoms with van der Waals surface area (Å²) in [6.07, 6.45) is 13.8. The van der Waals surface area contributed by atoms with E-state index in [1.165, 1.54) is 37.9 Å². The van der Waals surface area contributed by atoms with Gasteiger partial charge in [-0.3, -0.25) is 0 Å². The van der Waals surface area contributed by atoms with Gasteiger partial charge >= 0.3 is 12.1 Å². The average Bonchev–Trinajstić information content (AvgIpc) is 3.45. The lowest BCUT2D eigenvalue weighted by atomic mass is 9.73. The summed E-state index contributed by atoms with van der Waals surface area (Å²) >= 11 is 0. The molecule has 4 aliphatic rings. The molecule has 1 N–H and O–H groups in total. The van der Waals surface area contributed by atoms with Gasteiger partial charge in [-0.25, -0.2) is 9.59 Å². The first-order valence-electron chi connectivity index (χ1n) is 19.3. The van der Waals surface area contributed by atoms with Crippen LogP contribution in [0.5, 0.6) is 5.75 Å². The maximum Gasteiger partial charge on any atom is 0.410 e. The molecule has 49 heavy (non-hydrogen) atoms. The summed E-state index contributed by atoms with van der Waals surface area (Å²) in [6.45, 7) is 6.29. The van der Waals surface area contributed by atoms with Gasteiger partial charge in [-0.15, -0.1) is 0 Å². The van der Waals surface area contributed by atoms with Crippen LogP contribution in [0.2, 0.25) is 0 Å². The summed E-state index contributed by atoms with van der Waals surface area (Å²) in [5.41, 5.74) is 3.35. The first-order chi connectivity index (χ1) is 24.0. The minimum Gasteiger partial charge on any atom is -0.482 e. The van der Waals surface area contributed by atoms with E-state index in [2.05, 4.69) is 17.9 Å². The van der Waals surface area contributed by atoms with Gasteiger partial charge in [0.25, 0.3) is 0 Å². The standard InChI is InChI=1S/C41H58N2O6/c1-2-3-6-15-34(49-41(46)43-23-19-33(20-24-43)42-21-9-5-10-22-42)17-18-35-36-25-31-14-11-16-39(37(31)26-32(36)27-38(35)44)47-29-40(45)48-28-30-12-7-4-8-13-30/h4,7-8,11-14,16,32-36,38,44H,2-3,5-6,9-10,15,17-29H2,1H3/t32?,34?,35?,36?,38-/m1/s1. The fourth-order valence-electron chi connectivity index (χ4n) is 9.03. The Balaban J connectivity index is 1.01. The largest absolute Gasteiger partial charge is 0.482 e. The number of benzene rings is 2. The lowest BCUT2D eigenvalue weighted by Crippen LogP contribution is -2.48. The number of ether oxygens (including phenoxy) is 3. The van der Waals surface area contributed by atoms with Crippen molar-refractivity contribution in [1.29, 1.82) is 0 Å². The van der Waals surface area contributed by atoms with Crippen LogP contribution in [-0.2, 0) is 33.7 Å². The number of unbranched alkanes of at least 4 members (excludes halogenated alkanes) is 2. The maximum absolute atomic E-state index is 13.4. The molecule has 0 bridgehead atoms. The maximum atomic E-state index is 13.4. The topological polar surface area (TPSA) is 88.5 Å². The smallest absolute Gasteiger partial charge is 0.410 e. The Morgan fingerprint density at radius 1 is 0.918 bits per heavy atom. The number of rotatable bonds is 14. The fourth-order valence-corrected chi connectivity index (χ4v) is 9.03. The predicted molar refractivity (Wildman–Crippen MR) is 190 cm³/mol. The highest BCUT2D eigenvalue weighted by Crippen LogP contribution is 2.48. The van der Waals surface area contributed by atoms with Gasteiger partial charge in [0.05, 0.1) is 6.10 Å². The highest BCUT2D eigenvalue weighted by Gasteiger charge is 2.45. The number of aliphatic hydroxyl groups is 1. The molecule has 8 heteroatoms. The zero-order chi connectivity index (χ0) is 34.0. The van der Waals surface area contributed by atoms with Crippen molar-refractivity contribution in [1.82, 2.24) is 9.80 Å². The summed E-state index contributed by atoms with van der Waals surface area (Å²) in [7, 11) is 0. The highest BCUT2D eigenvalue weighted by atomic mass is 16.6. The molecule has 2 saturated heterocycles. The molecule has 8 nitrogen and oxygen atoms in total. The molecule has 1 amide bonds. The summed E-state index contributed by atoms with van der Waals surface area (Å²) in [5.74, 6) is 1.29. The van der Waals surface area contributed by atoms with Gasteiger partial charge in [0.15, 0.2) is 6.61 Å². The van der Waals surface area contributed by atoms with E-state index < -0.39 is 0 Å². The van der Waals surface area contributed by atoms with Gasteiger partial charge < -0.3 is 29.1 Å². The number of likely N-dealkylation sites (tertiary alicyclic amines) is 2. The predicted octanol–water partition coefficient (Wildman–Crippen LogP) is 7.34. The number of carbonyl (C=O) groups excluding carboxylic acids is 2. The molecule has 268 valence electrons. The monoisotopic (exact) mass is 674 g/mol. The summed E-state index contributed by atoms with van der Waals surface area (Å²) in [4.78, 5) is 30.4. The molecule has 2 aromatic rings. The molecule has 3 fully saturated rings. The highest BCUT2D eigenvalue weighted by molar-refractivity contribution is 5.71. The fraction of sp³-hybridized carbons (Fsp3) is 0.659. The SMILES string of the molecule is CCCCCC(CCC1C2Cc3cccc(OCC(=O)OCc4ccccc4)c3CC2C[C@H]1O)OC(=O)N1CCC(N2CCCCC2)CC1. The molecule has 0 aromatic heterocycles. The Labute approximate surface area is 293 Å². The van der Waals surface area contributed by atoms with Gasteiger partial charge in [-0.2, -0.15) is 0 Å². The van der Waals surface area contributed by atoms with E-state index >= 15 is 0 Å². The van der Waals surface area contributed by atoms with E-state index in [4.69, 9.17) is 14.2 Å². The van der Waals surface area contributed by atoms with Crippen molar-refractivity contribution >= 4 is 12.1 Å². The number of hydrogen-bond acceptors (Lipinski definition) is 7. The quantitative estimate of drug-likeness (QED) is 0.166. The van der Waals surface area contributed by atoms with E-state index in [1.54, 1.807) is 0 Å². The van der Waals surface area contributed by atoms with Crippen LogP contribution in [0, 0.1) is 17.8 Å². The molecule has 0 radical (unpaired) electrons. The number of esters is 1. The van der Waals surface area contributed by atoms with Crippen LogP contribution < -0.4 is 4.74 Å². The molecule has 4 unspecified atom stereocenters. The van der Waals surface area contributed by atoms with Crippen LogP contribution in [0.4, 0.5) is 4.79 Å². The number of carbonyl (C=O) groups is 2. The van der Waals surface area contributed by atoms with Crippen LogP contribution in [0.1, 0.15) is 101 Å². The van der Waals surface area contributed by atoms with E-state index in [0.29, 0.717) is 17.9 Å². The second kappa shape index (κ2) is 17.7. The van der Waals surface area contributed by atoms with Crippen LogP contribution in [-0.4, -0.2) is 78.0 Å². The third-order valence-corrected chi connectivity index (χ3v) is 11.8. The van der Waals surface area contributed by atoms with Gasteiger partial charge in [-0.1, -0.05) is 68.7 Å². The molecule has 2 aromatic carbocycles. The number of hydrogen-bond donors (Lipinski definition) is 1. The number of nitrogens with zero attached hydrogens (tertiary/aromatic N) is 2. The number of amides is 1. The van der Waals surface area contributed by atoms with E-state index in [-0.39, 0.29) is 43.4 Å². The Morgan fingerprint density at radius 3 is 2.49 bits per heavy atom. The number of piperidine rings is 2. The summed E-state index contributed by atoms with van der Waals surface area (Å²) in [5, 5.41) is 11.3. The molecular weight excluding hydrogens is 616 g/mol. The molecule has 5 atom stereocenters. The molecular formula is C41H58N2O6. The second-order valence-corrected chi connectivity index (χ2v) is 15.0. The summed E-state index contributed by atoms with van der Waals surface area (Å²) < 4.78 is 17.7. The minimum atomic E-state index is -0.386. The number of aliphatic hydroxyl groups excluding tert-OH is 1. The zero-order valence-electron chi connectivity index (χ0n) is 29.6. The molecule has 2 aliphatic heterocycles. The summed E-state index contributed by atoms with van der Waals surface area (Å²) in [6, 6.07) is 16.4. The normalized spacial score (nSPS) is 24.9. The van der Waals surface area contributed by atoms with Crippen molar-refractivity contribution in [2.45, 2.75) is 122 Å². The number of fused-ring (bicyclic) bond motifs is 2. The third-order valence-electron chi connectivity index (χ3n) is 11.8. The Kier molecular flexibility index (Phi) is 12.9. The van der Waals surface area contributed by atoms with Crippen LogP contribution >= 0.6 is 0 Å². The lowest BCUT2D eigenvalue weighted by molar-refractivity contribution is -0.147. The van der Waals surface area contributed by atoms with E-state index in [1.807, 2.05) is 47.4 Å². The van der Waals surface area contributed by atoms with Crippen LogP contribution in [0.3, 0.4) is 0 Å². The van der Waals surface area contributed by atoms with Crippen molar-refractivity contribution in [2.75, 3.05) is 32.8 Å². The van der Waals surface area contributed by atoms with Crippen LogP contribution in [0.25, 0.3) is 0 Å². The first kappa shape index (κ1) is 35.7. The van der Waals surface area contributed by atoms with Crippen molar-refractivity contribution in [3.05, 3.63) is 65.2 Å². The lowest BCUT2D eigenvalue weighted by Gasteiger charge is -2.40. The molecule has 2 aliphatic carbocycles. The van der Waals surface area contributed by atoms with Gasteiger partial charge in [0.1, 0.15) is 18.5 Å². The van der Waals surface area contributed by atoms with Crippen LogP contribution in [0.15, 0.2) is 48.5 Å². The van der Waals surface area contributed by atoms with Crippen molar-refractivity contribution in [3.63, 3.8) is 0 Å². The molecule has 0 spiro atoms. The van der Waals surface area contributed by atoms with Crippen molar-refractivity contribution in [3.8, 4) is 5.75 Å². The Bertz CT molecular complexity index is 1340. The van der Waals surface area contributed by atoms with Crippen molar-refractivity contribution < 1.29 is 28.9 Å². The average molecular weight is 675 g/mol. The minimum absolute atomic E-state index is 0.109. The third kappa shape index (κ3) is 9.57. The van der Waals surface area contributed by atoms with E-state index in [9.17, 15) is 14.7 Å². The zero-order valence-corrected chi connectivity index (χ0v) is 29.6. The first-order valence-corrected chi connectivity index (χ1v) is 19.3. The van der Waals surface area contributed by atoms with E-state index in [0.717, 1.165) is 101 Å². The second-order valence-electron chi connectivity index (χ2n) is 15.0. The molecule has 6 rings (SSSR count). The van der Waals surface area contributed by atoms with Gasteiger partial charge in [-0.05, 0) is 124 Å². The molecule has 1 saturated carbocycles. The van der Waals surface area contributed by atoms with Gasteiger partial charge in [0.2, 0.25) is 0 Å². The molecule has 2 heterocycles.